The number of nitrogens with one attached hydrogen (secondary N) is 1. The first kappa shape index (κ1) is 29.1. The van der Waals surface area contributed by atoms with Gasteiger partial charge in [0, 0.05) is 52.4 Å². The topological polar surface area (TPSA) is 61.9 Å². The summed E-state index contributed by atoms with van der Waals surface area (Å²) >= 11 is 0. The highest BCUT2D eigenvalue weighted by Crippen LogP contribution is 2.40. The van der Waals surface area contributed by atoms with Gasteiger partial charge in [0.15, 0.2) is 0 Å². The second kappa shape index (κ2) is 13.5. The second-order valence-electron chi connectivity index (χ2n) is 10.7. The van der Waals surface area contributed by atoms with E-state index in [1.807, 2.05) is 17.9 Å². The number of carbonyl (C=O) groups is 2. The Morgan fingerprint density at radius 1 is 0.900 bits per heavy atom. The molecule has 212 valence electrons. The van der Waals surface area contributed by atoms with Crippen LogP contribution in [-0.2, 0) is 22.6 Å². The van der Waals surface area contributed by atoms with Crippen LogP contribution in [-0.4, -0.2) is 48.5 Å². The van der Waals surface area contributed by atoms with Crippen molar-refractivity contribution in [3.8, 4) is 5.75 Å². The summed E-state index contributed by atoms with van der Waals surface area (Å²) in [7, 11) is 0. The van der Waals surface area contributed by atoms with Crippen LogP contribution in [0.25, 0.3) is 0 Å². The smallest absolute Gasteiger partial charge is 0.241 e. The summed E-state index contributed by atoms with van der Waals surface area (Å²) in [5, 5.41) is 2.60. The quantitative estimate of drug-likeness (QED) is 0.449. The van der Waals surface area contributed by atoms with E-state index in [1.54, 1.807) is 12.1 Å². The van der Waals surface area contributed by atoms with Crippen LogP contribution in [0.5, 0.6) is 5.75 Å². The number of fused-ring (bicyclic) bond motifs is 1. The van der Waals surface area contributed by atoms with E-state index in [-0.39, 0.29) is 29.8 Å². The molecule has 2 aliphatic rings. The lowest BCUT2D eigenvalue weighted by atomic mass is 9.87. The predicted octanol–water partition coefficient (Wildman–Crippen LogP) is 5.67. The number of piperidine rings is 1. The van der Waals surface area contributed by atoms with E-state index in [0.29, 0.717) is 13.1 Å². The molecule has 2 heterocycles. The zero-order valence-electron chi connectivity index (χ0n) is 23.8. The maximum atomic E-state index is 12.4. The van der Waals surface area contributed by atoms with Crippen LogP contribution in [0.1, 0.15) is 49.8 Å². The van der Waals surface area contributed by atoms with Crippen LogP contribution in [0, 0.1) is 12.7 Å². The zero-order valence-corrected chi connectivity index (χ0v) is 23.8. The zero-order chi connectivity index (χ0) is 28.5. The monoisotopic (exact) mass is 545 g/mol. The largest absolute Gasteiger partial charge is 0.485 e. The van der Waals surface area contributed by atoms with Gasteiger partial charge in [0.1, 0.15) is 17.2 Å². The first-order valence-electron chi connectivity index (χ1n) is 14.1. The molecular weight excluding hydrogens is 505 g/mol. The van der Waals surface area contributed by atoms with E-state index in [1.165, 1.54) is 35.7 Å². The predicted molar refractivity (Wildman–Crippen MR) is 157 cm³/mol. The third-order valence-corrected chi connectivity index (χ3v) is 7.70. The minimum absolute atomic E-state index is 0.0277. The number of benzene rings is 3. The molecule has 0 atom stereocenters. The number of para-hydroxylation sites is 2. The molecule has 0 saturated carbocycles. The first-order chi connectivity index (χ1) is 19.3. The van der Waals surface area contributed by atoms with Gasteiger partial charge in [-0.25, -0.2) is 4.39 Å². The van der Waals surface area contributed by atoms with Crippen molar-refractivity contribution < 1.29 is 18.7 Å². The minimum Gasteiger partial charge on any atom is -0.485 e. The van der Waals surface area contributed by atoms with Crippen molar-refractivity contribution in [2.24, 2.45) is 0 Å². The van der Waals surface area contributed by atoms with Crippen LogP contribution in [0.3, 0.4) is 0 Å². The Bertz CT molecular complexity index is 1270. The summed E-state index contributed by atoms with van der Waals surface area (Å²) in [5.41, 5.74) is 4.60. The number of nitrogens with zero attached hydrogens (tertiary/aromatic N) is 2. The van der Waals surface area contributed by atoms with Gasteiger partial charge in [-0.1, -0.05) is 61.0 Å². The van der Waals surface area contributed by atoms with E-state index >= 15 is 0 Å². The Labute approximate surface area is 237 Å². The molecular formula is C33H40FN3O3. The van der Waals surface area contributed by atoms with Crippen LogP contribution < -0.4 is 15.0 Å². The number of hydrogen-bond donors (Lipinski definition) is 1. The fourth-order valence-electron chi connectivity index (χ4n) is 5.17. The standard InChI is InChI=1S/C25H31N3O3.C8H9F/c1-19-7-9-21(10-8-19)18-28-16-13-25(31-23-6-4-3-5-22(23)28)11-14-27(15-12-25)24(30)17-26-20(2)29;1-2-7-3-5-8(9)6-4-7/h3-10H,11-18H2,1-2H3,(H,26,29);3-6H,2H2,1H3. The molecule has 1 fully saturated rings. The highest BCUT2D eigenvalue weighted by atomic mass is 19.1. The van der Waals surface area contributed by atoms with Gasteiger partial charge in [-0.3, -0.25) is 9.59 Å². The van der Waals surface area contributed by atoms with Crippen molar-refractivity contribution in [2.75, 3.05) is 31.1 Å². The Balaban J connectivity index is 0.000000350. The number of ether oxygens (including phenoxy) is 1. The summed E-state index contributed by atoms with van der Waals surface area (Å²) in [4.78, 5) is 27.7. The molecule has 7 heteroatoms. The highest BCUT2D eigenvalue weighted by molar-refractivity contribution is 5.83. The van der Waals surface area contributed by atoms with Crippen LogP contribution >= 0.6 is 0 Å². The fraction of sp³-hybridized carbons (Fsp3) is 0.394. The summed E-state index contributed by atoms with van der Waals surface area (Å²) in [6.45, 7) is 8.71. The third-order valence-electron chi connectivity index (χ3n) is 7.70. The van der Waals surface area contributed by atoms with Crippen LogP contribution in [0.15, 0.2) is 72.8 Å². The number of halogens is 1. The fourth-order valence-corrected chi connectivity index (χ4v) is 5.17. The molecule has 0 unspecified atom stereocenters. The Morgan fingerprint density at radius 2 is 1.52 bits per heavy atom. The lowest BCUT2D eigenvalue weighted by molar-refractivity contribution is -0.135. The lowest BCUT2D eigenvalue weighted by Gasteiger charge is -2.41. The number of amides is 2. The molecule has 6 nitrogen and oxygen atoms in total. The molecule has 1 N–H and O–H groups in total. The van der Waals surface area contributed by atoms with Crippen molar-refractivity contribution in [3.05, 3.63) is 95.3 Å². The number of anilines is 1. The number of carbonyl (C=O) groups excluding carboxylic acids is 2. The normalized spacial score (nSPS) is 15.7. The van der Waals surface area contributed by atoms with Gasteiger partial charge in [0.2, 0.25) is 11.8 Å². The Hall–Kier alpha value is -3.87. The molecule has 0 aromatic heterocycles. The van der Waals surface area contributed by atoms with Gasteiger partial charge < -0.3 is 19.9 Å². The molecule has 2 amide bonds. The van der Waals surface area contributed by atoms with Gasteiger partial charge >= 0.3 is 0 Å². The number of hydrogen-bond acceptors (Lipinski definition) is 4. The number of likely N-dealkylation sites (tertiary alicyclic amines) is 1. The van der Waals surface area contributed by atoms with Gasteiger partial charge in [0.05, 0.1) is 12.2 Å². The van der Waals surface area contributed by atoms with E-state index in [4.69, 9.17) is 4.74 Å². The van der Waals surface area contributed by atoms with Crippen molar-refractivity contribution >= 4 is 17.5 Å². The molecule has 1 saturated heterocycles. The molecule has 0 bridgehead atoms. The van der Waals surface area contributed by atoms with Crippen molar-refractivity contribution in [1.29, 1.82) is 0 Å². The van der Waals surface area contributed by atoms with Crippen molar-refractivity contribution in [2.45, 2.75) is 58.6 Å². The molecule has 40 heavy (non-hydrogen) atoms. The van der Waals surface area contributed by atoms with Crippen molar-refractivity contribution in [1.82, 2.24) is 10.2 Å². The summed E-state index contributed by atoms with van der Waals surface area (Å²) in [6, 6.07) is 23.5. The average molecular weight is 546 g/mol. The lowest BCUT2D eigenvalue weighted by Crippen LogP contribution is -2.52. The molecule has 3 aromatic carbocycles. The van der Waals surface area contributed by atoms with Crippen molar-refractivity contribution in [3.63, 3.8) is 0 Å². The second-order valence-corrected chi connectivity index (χ2v) is 10.7. The van der Waals surface area contributed by atoms with Gasteiger partial charge in [-0.05, 0) is 48.7 Å². The molecule has 5 rings (SSSR count). The van der Waals surface area contributed by atoms with E-state index in [0.717, 1.165) is 50.2 Å². The first-order valence-corrected chi connectivity index (χ1v) is 14.1. The van der Waals surface area contributed by atoms with E-state index in [9.17, 15) is 14.0 Å². The maximum absolute atomic E-state index is 12.4. The summed E-state index contributed by atoms with van der Waals surface area (Å²) < 4.78 is 18.9. The molecule has 0 radical (unpaired) electrons. The Morgan fingerprint density at radius 3 is 2.17 bits per heavy atom. The molecule has 2 aliphatic heterocycles. The maximum Gasteiger partial charge on any atom is 0.241 e. The van der Waals surface area contributed by atoms with Gasteiger partial charge in [-0.15, -0.1) is 0 Å². The molecule has 3 aromatic rings. The highest BCUT2D eigenvalue weighted by Gasteiger charge is 2.40. The minimum atomic E-state index is -0.261. The summed E-state index contributed by atoms with van der Waals surface area (Å²) in [6.07, 6.45) is 3.48. The molecule has 0 aliphatic carbocycles. The average Bonchev–Trinajstić information content (AvgIpc) is 3.11. The van der Waals surface area contributed by atoms with Crippen LogP contribution in [0.2, 0.25) is 0 Å². The Kier molecular flexibility index (Phi) is 9.80. The SMILES string of the molecule is CC(=O)NCC(=O)N1CCC2(CC1)CCN(Cc1ccc(C)cc1)c1ccccc1O2.CCc1ccc(F)cc1. The number of rotatable bonds is 5. The van der Waals surface area contributed by atoms with E-state index in [2.05, 4.69) is 59.6 Å². The number of aryl methyl sites for hydroxylation is 2. The third kappa shape index (κ3) is 7.84. The molecule has 1 spiro atoms. The van der Waals surface area contributed by atoms with Gasteiger partial charge in [-0.2, -0.15) is 0 Å². The van der Waals surface area contributed by atoms with E-state index < -0.39 is 0 Å². The van der Waals surface area contributed by atoms with Crippen LogP contribution in [0.4, 0.5) is 10.1 Å². The summed E-state index contributed by atoms with van der Waals surface area (Å²) in [5.74, 6) is 0.552. The van der Waals surface area contributed by atoms with Gasteiger partial charge in [0.25, 0.3) is 0 Å².